The topological polar surface area (TPSA) is 78.0 Å². The van der Waals surface area contributed by atoms with Gasteiger partial charge in [-0.05, 0) is 17.4 Å². The van der Waals surface area contributed by atoms with Gasteiger partial charge in [0.2, 0.25) is 0 Å². The van der Waals surface area contributed by atoms with Gasteiger partial charge in [-0.25, -0.2) is 0 Å². The minimum atomic E-state index is -0.823. The van der Waals surface area contributed by atoms with Crippen molar-refractivity contribution in [1.82, 2.24) is 15.5 Å². The Labute approximate surface area is 115 Å². The fourth-order valence-electron chi connectivity index (χ4n) is 1.91. The minimum Gasteiger partial charge on any atom is -0.480 e. The van der Waals surface area contributed by atoms with Crippen molar-refractivity contribution in [3.8, 4) is 10.6 Å². The molecule has 1 unspecified atom stereocenters. The van der Waals surface area contributed by atoms with E-state index in [1.165, 1.54) is 0 Å². The summed E-state index contributed by atoms with van der Waals surface area (Å²) in [7, 11) is 0. The van der Waals surface area contributed by atoms with Crippen LogP contribution in [-0.2, 0) is 11.3 Å². The van der Waals surface area contributed by atoms with Crippen LogP contribution in [0.2, 0.25) is 0 Å². The fraction of sp³-hybridized carbons (Fsp3) is 0.385. The third-order valence-electron chi connectivity index (χ3n) is 2.93. The number of carboxylic acid groups (broad SMARTS) is 1. The SMILES string of the molecule is CC(C)C(NCc1cn[nH]c1-c1cccs1)C(=O)O. The number of aromatic amines is 1. The highest BCUT2D eigenvalue weighted by Gasteiger charge is 2.21. The van der Waals surface area contributed by atoms with Crippen molar-refractivity contribution < 1.29 is 9.90 Å². The summed E-state index contributed by atoms with van der Waals surface area (Å²) >= 11 is 1.63. The predicted octanol–water partition coefficient (Wildman–Crippen LogP) is 2.34. The number of H-pyrrole nitrogens is 1. The van der Waals surface area contributed by atoms with E-state index in [0.29, 0.717) is 6.54 Å². The van der Waals surface area contributed by atoms with Gasteiger partial charge < -0.3 is 5.11 Å². The molecule has 0 aliphatic rings. The van der Waals surface area contributed by atoms with Crippen LogP contribution in [0.15, 0.2) is 23.7 Å². The van der Waals surface area contributed by atoms with Crippen LogP contribution in [0.3, 0.4) is 0 Å². The maximum absolute atomic E-state index is 11.1. The molecule has 0 spiro atoms. The molecule has 0 bridgehead atoms. The van der Waals surface area contributed by atoms with E-state index in [9.17, 15) is 4.79 Å². The van der Waals surface area contributed by atoms with E-state index in [1.807, 2.05) is 31.4 Å². The van der Waals surface area contributed by atoms with Gasteiger partial charge in [0.05, 0.1) is 16.8 Å². The molecule has 0 amide bonds. The molecule has 2 heterocycles. The van der Waals surface area contributed by atoms with Crippen LogP contribution < -0.4 is 5.32 Å². The van der Waals surface area contributed by atoms with Crippen LogP contribution in [0.4, 0.5) is 0 Å². The molecule has 0 saturated heterocycles. The molecule has 1 atom stereocenters. The molecule has 2 aromatic heterocycles. The standard InChI is InChI=1S/C13H17N3O2S/c1-8(2)11(13(17)18)14-6-9-7-15-16-12(9)10-4-3-5-19-10/h3-5,7-8,11,14H,6H2,1-2H3,(H,15,16)(H,17,18). The van der Waals surface area contributed by atoms with E-state index in [-0.39, 0.29) is 5.92 Å². The molecular weight excluding hydrogens is 262 g/mol. The van der Waals surface area contributed by atoms with Crippen molar-refractivity contribution in [3.05, 3.63) is 29.3 Å². The summed E-state index contributed by atoms with van der Waals surface area (Å²) in [5.41, 5.74) is 1.93. The summed E-state index contributed by atoms with van der Waals surface area (Å²) in [5.74, 6) is -0.786. The van der Waals surface area contributed by atoms with Crippen LogP contribution in [0.5, 0.6) is 0 Å². The van der Waals surface area contributed by atoms with E-state index in [1.54, 1.807) is 17.5 Å². The first-order chi connectivity index (χ1) is 9.09. The molecule has 0 aliphatic carbocycles. The number of aromatic nitrogens is 2. The van der Waals surface area contributed by atoms with E-state index in [2.05, 4.69) is 15.5 Å². The number of aliphatic carboxylic acids is 1. The van der Waals surface area contributed by atoms with E-state index >= 15 is 0 Å². The van der Waals surface area contributed by atoms with Gasteiger partial charge in [-0.1, -0.05) is 19.9 Å². The van der Waals surface area contributed by atoms with Crippen molar-refractivity contribution >= 4 is 17.3 Å². The summed E-state index contributed by atoms with van der Waals surface area (Å²) in [6, 6.07) is 3.44. The number of carboxylic acids is 1. The first kappa shape index (κ1) is 13.8. The molecule has 3 N–H and O–H groups in total. The number of thiophene rings is 1. The highest BCUT2D eigenvalue weighted by molar-refractivity contribution is 7.13. The van der Waals surface area contributed by atoms with Crippen LogP contribution in [0, 0.1) is 5.92 Å². The van der Waals surface area contributed by atoms with Crippen molar-refractivity contribution in [2.45, 2.75) is 26.4 Å². The van der Waals surface area contributed by atoms with Crippen molar-refractivity contribution in [2.75, 3.05) is 0 Å². The molecule has 2 aromatic rings. The Hall–Kier alpha value is -1.66. The maximum atomic E-state index is 11.1. The molecule has 0 aromatic carbocycles. The largest absolute Gasteiger partial charge is 0.480 e. The van der Waals surface area contributed by atoms with Crippen LogP contribution in [-0.4, -0.2) is 27.3 Å². The second kappa shape index (κ2) is 5.99. The van der Waals surface area contributed by atoms with E-state index < -0.39 is 12.0 Å². The first-order valence-corrected chi connectivity index (χ1v) is 7.00. The number of hydrogen-bond acceptors (Lipinski definition) is 4. The van der Waals surface area contributed by atoms with E-state index in [4.69, 9.17) is 5.11 Å². The number of nitrogens with one attached hydrogen (secondary N) is 2. The third-order valence-corrected chi connectivity index (χ3v) is 3.82. The molecule has 19 heavy (non-hydrogen) atoms. The number of nitrogens with zero attached hydrogens (tertiary/aromatic N) is 1. The van der Waals surface area contributed by atoms with Gasteiger partial charge in [0.1, 0.15) is 6.04 Å². The Morgan fingerprint density at radius 3 is 2.95 bits per heavy atom. The van der Waals surface area contributed by atoms with Gasteiger partial charge in [-0.3, -0.25) is 15.2 Å². The lowest BCUT2D eigenvalue weighted by molar-refractivity contribution is -0.140. The van der Waals surface area contributed by atoms with Gasteiger partial charge in [-0.15, -0.1) is 11.3 Å². The van der Waals surface area contributed by atoms with Crippen molar-refractivity contribution in [2.24, 2.45) is 5.92 Å². The molecule has 0 aliphatic heterocycles. The zero-order valence-corrected chi connectivity index (χ0v) is 11.7. The van der Waals surface area contributed by atoms with Crippen molar-refractivity contribution in [3.63, 3.8) is 0 Å². The minimum absolute atomic E-state index is 0.0367. The lowest BCUT2D eigenvalue weighted by Gasteiger charge is -2.17. The molecule has 0 saturated carbocycles. The zero-order valence-electron chi connectivity index (χ0n) is 10.9. The first-order valence-electron chi connectivity index (χ1n) is 6.12. The van der Waals surface area contributed by atoms with Gasteiger partial charge >= 0.3 is 5.97 Å². The second-order valence-electron chi connectivity index (χ2n) is 4.69. The zero-order chi connectivity index (χ0) is 13.8. The lowest BCUT2D eigenvalue weighted by atomic mass is 10.0. The van der Waals surface area contributed by atoms with Crippen molar-refractivity contribution in [1.29, 1.82) is 0 Å². The second-order valence-corrected chi connectivity index (χ2v) is 5.64. The number of hydrogen-bond donors (Lipinski definition) is 3. The third kappa shape index (κ3) is 3.21. The Morgan fingerprint density at radius 1 is 1.58 bits per heavy atom. The number of carbonyl (C=O) groups is 1. The molecular formula is C13H17N3O2S. The molecule has 0 fully saturated rings. The molecule has 5 nitrogen and oxygen atoms in total. The van der Waals surface area contributed by atoms with Gasteiger partial charge in [-0.2, -0.15) is 5.10 Å². The van der Waals surface area contributed by atoms with Crippen LogP contribution in [0.25, 0.3) is 10.6 Å². The maximum Gasteiger partial charge on any atom is 0.320 e. The summed E-state index contributed by atoms with van der Waals surface area (Å²) in [4.78, 5) is 12.2. The summed E-state index contributed by atoms with van der Waals surface area (Å²) in [6.07, 6.45) is 1.74. The molecule has 0 radical (unpaired) electrons. The average molecular weight is 279 g/mol. The fourth-order valence-corrected chi connectivity index (χ4v) is 2.66. The quantitative estimate of drug-likeness (QED) is 0.758. The van der Waals surface area contributed by atoms with Gasteiger partial charge in [0.25, 0.3) is 0 Å². The van der Waals surface area contributed by atoms with E-state index in [0.717, 1.165) is 16.1 Å². The van der Waals surface area contributed by atoms with Gasteiger partial charge in [0, 0.05) is 12.1 Å². The molecule has 6 heteroatoms. The van der Waals surface area contributed by atoms with Gasteiger partial charge in [0.15, 0.2) is 0 Å². The smallest absolute Gasteiger partial charge is 0.320 e. The Bertz CT molecular complexity index is 534. The summed E-state index contributed by atoms with van der Waals surface area (Å²) < 4.78 is 0. The van der Waals surface area contributed by atoms with Crippen LogP contribution in [0.1, 0.15) is 19.4 Å². The normalized spacial score (nSPS) is 12.8. The highest BCUT2D eigenvalue weighted by Crippen LogP contribution is 2.25. The summed E-state index contributed by atoms with van der Waals surface area (Å²) in [6.45, 7) is 4.27. The number of rotatable bonds is 6. The Kier molecular flexibility index (Phi) is 4.34. The van der Waals surface area contributed by atoms with Crippen LogP contribution >= 0.6 is 11.3 Å². The predicted molar refractivity (Wildman–Crippen MR) is 75.0 cm³/mol. The summed E-state index contributed by atoms with van der Waals surface area (Å²) in [5, 5.41) is 21.2. The molecule has 102 valence electrons. The highest BCUT2D eigenvalue weighted by atomic mass is 32.1. The molecule has 2 rings (SSSR count). The Balaban J connectivity index is 2.08. The lowest BCUT2D eigenvalue weighted by Crippen LogP contribution is -2.40. The average Bonchev–Trinajstić information content (AvgIpc) is 2.97. The monoisotopic (exact) mass is 279 g/mol. The Morgan fingerprint density at radius 2 is 2.37 bits per heavy atom.